The lowest BCUT2D eigenvalue weighted by Crippen LogP contribution is -2.12. The second kappa shape index (κ2) is 2.54. The van der Waals surface area contributed by atoms with Gasteiger partial charge in [-0.25, -0.2) is 0 Å². The molecule has 0 aromatic rings. The van der Waals surface area contributed by atoms with Crippen molar-refractivity contribution in [3.63, 3.8) is 0 Å². The molecule has 0 aromatic carbocycles. The first-order valence-corrected chi connectivity index (χ1v) is 4.26. The van der Waals surface area contributed by atoms with Crippen LogP contribution in [0, 0.1) is 11.3 Å². The summed E-state index contributed by atoms with van der Waals surface area (Å²) < 4.78 is 0. The van der Waals surface area contributed by atoms with Gasteiger partial charge in [0.05, 0.1) is 6.10 Å². The molecule has 1 N–H and O–H groups in total. The highest BCUT2D eigenvalue weighted by Crippen LogP contribution is 2.54. The van der Waals surface area contributed by atoms with Crippen molar-refractivity contribution in [1.82, 2.24) is 0 Å². The Kier molecular flexibility index (Phi) is 2.04. The lowest BCUT2D eigenvalue weighted by molar-refractivity contribution is 0.126. The van der Waals surface area contributed by atoms with Gasteiger partial charge in [-0.15, -0.1) is 0 Å². The Labute approximate surface area is 63.4 Å². The van der Waals surface area contributed by atoms with E-state index in [0.29, 0.717) is 11.3 Å². The summed E-state index contributed by atoms with van der Waals surface area (Å²) in [7, 11) is 0. The van der Waals surface area contributed by atoms with Crippen molar-refractivity contribution >= 4 is 0 Å². The molecule has 0 saturated heterocycles. The van der Waals surface area contributed by atoms with E-state index in [0.717, 1.165) is 12.8 Å². The lowest BCUT2D eigenvalue weighted by atomic mass is 10.0. The van der Waals surface area contributed by atoms with Crippen LogP contribution in [0.25, 0.3) is 0 Å². The minimum absolute atomic E-state index is 0.0278. The zero-order valence-electron chi connectivity index (χ0n) is 7.22. The standard InChI is InChI=1S/C9H18O/c1-4-5-8(10)7-6-9(7,2)3/h7-8,10H,4-6H2,1-3H3. The maximum atomic E-state index is 9.52. The van der Waals surface area contributed by atoms with Crippen LogP contribution in [0.5, 0.6) is 0 Å². The van der Waals surface area contributed by atoms with Gasteiger partial charge in [-0.1, -0.05) is 27.2 Å². The molecule has 0 radical (unpaired) electrons. The van der Waals surface area contributed by atoms with Crippen molar-refractivity contribution in [3.8, 4) is 0 Å². The van der Waals surface area contributed by atoms with Crippen LogP contribution in [0.3, 0.4) is 0 Å². The van der Waals surface area contributed by atoms with Gasteiger partial charge in [0.2, 0.25) is 0 Å². The molecule has 1 fully saturated rings. The summed E-state index contributed by atoms with van der Waals surface area (Å²) in [5.41, 5.74) is 0.439. The molecule has 0 bridgehead atoms. The SMILES string of the molecule is CCCC(O)C1CC1(C)C. The third-order valence-electron chi connectivity index (χ3n) is 2.64. The zero-order valence-corrected chi connectivity index (χ0v) is 7.22. The quantitative estimate of drug-likeness (QED) is 0.640. The Morgan fingerprint density at radius 2 is 2.10 bits per heavy atom. The maximum absolute atomic E-state index is 9.52. The van der Waals surface area contributed by atoms with E-state index in [1.807, 2.05) is 0 Å². The highest BCUT2D eigenvalue weighted by Gasteiger charge is 2.49. The van der Waals surface area contributed by atoms with Crippen molar-refractivity contribution in [1.29, 1.82) is 0 Å². The van der Waals surface area contributed by atoms with Crippen molar-refractivity contribution in [2.24, 2.45) is 11.3 Å². The van der Waals surface area contributed by atoms with Crippen molar-refractivity contribution < 1.29 is 5.11 Å². The molecule has 60 valence electrons. The normalized spacial score (nSPS) is 31.8. The van der Waals surface area contributed by atoms with Crippen LogP contribution in [-0.2, 0) is 0 Å². The Morgan fingerprint density at radius 3 is 2.40 bits per heavy atom. The Balaban J connectivity index is 2.25. The van der Waals surface area contributed by atoms with Crippen LogP contribution in [-0.4, -0.2) is 11.2 Å². The van der Waals surface area contributed by atoms with Crippen LogP contribution in [0.15, 0.2) is 0 Å². The fraction of sp³-hybridized carbons (Fsp3) is 1.00. The number of hydrogen-bond donors (Lipinski definition) is 1. The average molecular weight is 142 g/mol. The fourth-order valence-electron chi connectivity index (χ4n) is 1.66. The Bertz CT molecular complexity index is 118. The first-order chi connectivity index (χ1) is 4.58. The van der Waals surface area contributed by atoms with E-state index in [1.165, 1.54) is 6.42 Å². The van der Waals surface area contributed by atoms with Gasteiger partial charge in [-0.3, -0.25) is 0 Å². The summed E-state index contributed by atoms with van der Waals surface area (Å²) in [4.78, 5) is 0. The molecule has 1 aliphatic rings. The van der Waals surface area contributed by atoms with Crippen LogP contribution >= 0.6 is 0 Å². The van der Waals surface area contributed by atoms with Gasteiger partial charge in [0, 0.05) is 0 Å². The topological polar surface area (TPSA) is 20.2 Å². The van der Waals surface area contributed by atoms with Gasteiger partial charge in [0.25, 0.3) is 0 Å². The summed E-state index contributed by atoms with van der Waals surface area (Å²) >= 11 is 0. The van der Waals surface area contributed by atoms with Gasteiger partial charge in [0.1, 0.15) is 0 Å². The van der Waals surface area contributed by atoms with Crippen LogP contribution in [0.1, 0.15) is 40.0 Å². The summed E-state index contributed by atoms with van der Waals surface area (Å²) in [6.45, 7) is 6.59. The minimum Gasteiger partial charge on any atom is -0.393 e. The van der Waals surface area contributed by atoms with Crippen molar-refractivity contribution in [2.45, 2.75) is 46.1 Å². The lowest BCUT2D eigenvalue weighted by Gasteiger charge is -2.09. The van der Waals surface area contributed by atoms with E-state index in [9.17, 15) is 5.11 Å². The summed E-state index contributed by atoms with van der Waals surface area (Å²) in [5.74, 6) is 0.590. The summed E-state index contributed by atoms with van der Waals surface area (Å²) in [5, 5.41) is 9.52. The van der Waals surface area contributed by atoms with E-state index in [-0.39, 0.29) is 6.10 Å². The number of aliphatic hydroxyl groups is 1. The van der Waals surface area contributed by atoms with Crippen molar-refractivity contribution in [3.05, 3.63) is 0 Å². The molecule has 1 aliphatic carbocycles. The second-order valence-corrected chi connectivity index (χ2v) is 4.16. The van der Waals surface area contributed by atoms with Crippen LogP contribution in [0.4, 0.5) is 0 Å². The van der Waals surface area contributed by atoms with Gasteiger partial charge >= 0.3 is 0 Å². The molecular formula is C9H18O. The molecule has 0 aromatic heterocycles. The smallest absolute Gasteiger partial charge is 0.0573 e. The summed E-state index contributed by atoms with van der Waals surface area (Å²) in [6.07, 6.45) is 3.27. The molecule has 2 atom stereocenters. The first-order valence-electron chi connectivity index (χ1n) is 4.26. The van der Waals surface area contributed by atoms with Gasteiger partial charge in [-0.2, -0.15) is 0 Å². The third kappa shape index (κ3) is 1.51. The molecule has 1 saturated carbocycles. The Morgan fingerprint density at radius 1 is 1.60 bits per heavy atom. The van der Waals surface area contributed by atoms with Gasteiger partial charge in [-0.05, 0) is 24.2 Å². The highest BCUT2D eigenvalue weighted by atomic mass is 16.3. The molecule has 0 aliphatic heterocycles. The first kappa shape index (κ1) is 8.06. The fourth-order valence-corrected chi connectivity index (χ4v) is 1.66. The third-order valence-corrected chi connectivity index (χ3v) is 2.64. The van der Waals surface area contributed by atoms with Crippen LogP contribution < -0.4 is 0 Å². The second-order valence-electron chi connectivity index (χ2n) is 4.16. The summed E-state index contributed by atoms with van der Waals surface area (Å²) in [6, 6.07) is 0. The molecule has 1 rings (SSSR count). The molecule has 0 amide bonds. The zero-order chi connectivity index (χ0) is 7.78. The highest BCUT2D eigenvalue weighted by molar-refractivity contribution is 4.98. The van der Waals surface area contributed by atoms with Gasteiger partial charge in [0.15, 0.2) is 0 Å². The van der Waals surface area contributed by atoms with E-state index < -0.39 is 0 Å². The largest absolute Gasteiger partial charge is 0.393 e. The van der Waals surface area contributed by atoms with E-state index in [2.05, 4.69) is 20.8 Å². The van der Waals surface area contributed by atoms with Crippen molar-refractivity contribution in [2.75, 3.05) is 0 Å². The predicted octanol–water partition coefficient (Wildman–Crippen LogP) is 2.19. The number of hydrogen-bond acceptors (Lipinski definition) is 1. The molecule has 1 heteroatoms. The monoisotopic (exact) mass is 142 g/mol. The van der Waals surface area contributed by atoms with E-state index in [4.69, 9.17) is 0 Å². The van der Waals surface area contributed by atoms with E-state index in [1.54, 1.807) is 0 Å². The minimum atomic E-state index is -0.0278. The Hall–Kier alpha value is -0.0400. The predicted molar refractivity (Wildman–Crippen MR) is 42.8 cm³/mol. The number of aliphatic hydroxyl groups excluding tert-OH is 1. The van der Waals surface area contributed by atoms with Crippen LogP contribution in [0.2, 0.25) is 0 Å². The molecule has 1 nitrogen and oxygen atoms in total. The maximum Gasteiger partial charge on any atom is 0.0573 e. The molecule has 0 spiro atoms. The molecule has 10 heavy (non-hydrogen) atoms. The molecule has 0 heterocycles. The average Bonchev–Trinajstić information content (AvgIpc) is 2.41. The molecule has 2 unspecified atom stereocenters. The van der Waals surface area contributed by atoms with E-state index >= 15 is 0 Å². The number of rotatable bonds is 3. The molecular weight excluding hydrogens is 124 g/mol. The van der Waals surface area contributed by atoms with Gasteiger partial charge < -0.3 is 5.11 Å².